The first-order valence-corrected chi connectivity index (χ1v) is 12.1. The molecule has 0 spiro atoms. The minimum absolute atomic E-state index is 0.204. The van der Waals surface area contributed by atoms with Crippen molar-refractivity contribution in [2.24, 2.45) is 5.10 Å². The molecule has 1 N–H and O–H groups in total. The molecular weight excluding hydrogens is 446 g/mol. The SMILES string of the molecule is C/C(=N/NC(=O)c1ccc(N(Cc2ccc(C)cc2)S(C)(=O)=O)cc1)c1ccc(Cl)cc1. The van der Waals surface area contributed by atoms with Gasteiger partial charge in [-0.15, -0.1) is 0 Å². The van der Waals surface area contributed by atoms with Gasteiger partial charge in [-0.05, 0) is 61.4 Å². The third-order valence-corrected chi connectivity index (χ3v) is 6.24. The molecular formula is C24H24ClN3O3S. The molecule has 166 valence electrons. The Bertz CT molecular complexity index is 1220. The number of halogens is 1. The van der Waals surface area contributed by atoms with E-state index in [1.807, 2.05) is 43.3 Å². The van der Waals surface area contributed by atoms with Gasteiger partial charge in [-0.2, -0.15) is 5.10 Å². The number of nitrogens with one attached hydrogen (secondary N) is 1. The van der Waals surface area contributed by atoms with Crippen molar-refractivity contribution in [3.63, 3.8) is 0 Å². The van der Waals surface area contributed by atoms with Crippen molar-refractivity contribution in [3.05, 3.63) is 100 Å². The number of hydrogen-bond donors (Lipinski definition) is 1. The number of nitrogens with zero attached hydrogens (tertiary/aromatic N) is 2. The van der Waals surface area contributed by atoms with Crippen LogP contribution in [0, 0.1) is 6.92 Å². The van der Waals surface area contributed by atoms with Gasteiger partial charge < -0.3 is 0 Å². The number of anilines is 1. The Balaban J connectivity index is 1.74. The molecule has 0 fully saturated rings. The Hall–Kier alpha value is -3.16. The number of hydrogen-bond acceptors (Lipinski definition) is 4. The van der Waals surface area contributed by atoms with Gasteiger partial charge in [0, 0.05) is 10.6 Å². The summed E-state index contributed by atoms with van der Waals surface area (Å²) in [6.45, 7) is 3.96. The van der Waals surface area contributed by atoms with E-state index in [0.29, 0.717) is 22.0 Å². The number of rotatable bonds is 7. The van der Waals surface area contributed by atoms with E-state index in [1.54, 1.807) is 43.3 Å². The first kappa shape index (κ1) is 23.5. The predicted molar refractivity (Wildman–Crippen MR) is 130 cm³/mol. The summed E-state index contributed by atoms with van der Waals surface area (Å²) in [5.74, 6) is -0.394. The molecule has 0 unspecified atom stereocenters. The van der Waals surface area contributed by atoms with E-state index in [2.05, 4.69) is 10.5 Å². The Morgan fingerprint density at radius 1 is 0.938 bits per heavy atom. The first-order chi connectivity index (χ1) is 15.1. The fraction of sp³-hybridized carbons (Fsp3) is 0.167. The van der Waals surface area contributed by atoms with Crippen molar-refractivity contribution in [1.82, 2.24) is 5.43 Å². The zero-order valence-electron chi connectivity index (χ0n) is 18.0. The summed E-state index contributed by atoms with van der Waals surface area (Å²) in [7, 11) is -3.51. The second-order valence-corrected chi connectivity index (χ2v) is 9.79. The van der Waals surface area contributed by atoms with E-state index in [1.165, 1.54) is 4.31 Å². The molecule has 0 saturated carbocycles. The molecule has 0 aliphatic heterocycles. The lowest BCUT2D eigenvalue weighted by molar-refractivity contribution is 0.0955. The summed E-state index contributed by atoms with van der Waals surface area (Å²) in [5.41, 5.74) is 6.80. The Morgan fingerprint density at radius 3 is 2.06 bits per heavy atom. The number of carbonyl (C=O) groups is 1. The zero-order chi connectivity index (χ0) is 23.3. The van der Waals surface area contributed by atoms with E-state index in [9.17, 15) is 13.2 Å². The van der Waals surface area contributed by atoms with Crippen molar-refractivity contribution in [2.75, 3.05) is 10.6 Å². The minimum atomic E-state index is -3.51. The van der Waals surface area contributed by atoms with E-state index in [4.69, 9.17) is 11.6 Å². The fourth-order valence-electron chi connectivity index (χ4n) is 2.99. The molecule has 0 heterocycles. The van der Waals surface area contributed by atoms with Gasteiger partial charge in [-0.3, -0.25) is 9.10 Å². The van der Waals surface area contributed by atoms with Gasteiger partial charge in [-0.1, -0.05) is 53.6 Å². The van der Waals surface area contributed by atoms with Crippen LogP contribution in [-0.4, -0.2) is 26.3 Å². The van der Waals surface area contributed by atoms with Gasteiger partial charge in [0.25, 0.3) is 5.91 Å². The molecule has 6 nitrogen and oxygen atoms in total. The van der Waals surface area contributed by atoms with Gasteiger partial charge in [0.2, 0.25) is 10.0 Å². The smallest absolute Gasteiger partial charge is 0.267 e. The first-order valence-electron chi connectivity index (χ1n) is 9.87. The van der Waals surface area contributed by atoms with E-state index >= 15 is 0 Å². The minimum Gasteiger partial charge on any atom is -0.267 e. The van der Waals surface area contributed by atoms with Crippen LogP contribution in [0.1, 0.15) is 34.0 Å². The highest BCUT2D eigenvalue weighted by Gasteiger charge is 2.18. The quantitative estimate of drug-likeness (QED) is 0.400. The van der Waals surface area contributed by atoms with Crippen LogP contribution in [0.3, 0.4) is 0 Å². The van der Waals surface area contributed by atoms with Crippen molar-refractivity contribution >= 4 is 38.9 Å². The lowest BCUT2D eigenvalue weighted by Crippen LogP contribution is -2.29. The van der Waals surface area contributed by atoms with Crippen LogP contribution < -0.4 is 9.73 Å². The largest absolute Gasteiger partial charge is 0.271 e. The molecule has 3 aromatic rings. The highest BCUT2D eigenvalue weighted by atomic mass is 35.5. The second-order valence-electron chi connectivity index (χ2n) is 7.45. The maximum absolute atomic E-state index is 12.5. The lowest BCUT2D eigenvalue weighted by Gasteiger charge is -2.22. The molecule has 0 aliphatic carbocycles. The van der Waals surface area contributed by atoms with Crippen molar-refractivity contribution < 1.29 is 13.2 Å². The summed E-state index contributed by atoms with van der Waals surface area (Å²) in [5, 5.41) is 4.75. The molecule has 3 rings (SSSR count). The van der Waals surface area contributed by atoms with Gasteiger partial charge in [0.05, 0.1) is 24.2 Å². The summed E-state index contributed by atoms with van der Waals surface area (Å²) >= 11 is 5.89. The second kappa shape index (κ2) is 9.97. The summed E-state index contributed by atoms with van der Waals surface area (Å²) in [4.78, 5) is 12.5. The van der Waals surface area contributed by atoms with Crippen LogP contribution in [0.5, 0.6) is 0 Å². The normalized spacial score (nSPS) is 11.8. The monoisotopic (exact) mass is 469 g/mol. The van der Waals surface area contributed by atoms with E-state index in [0.717, 1.165) is 22.9 Å². The molecule has 0 radical (unpaired) electrons. The molecule has 3 aromatic carbocycles. The van der Waals surface area contributed by atoms with Crippen molar-refractivity contribution in [2.45, 2.75) is 20.4 Å². The van der Waals surface area contributed by atoms with Crippen molar-refractivity contribution in [1.29, 1.82) is 0 Å². The number of hydrazone groups is 1. The number of aryl methyl sites for hydroxylation is 1. The molecule has 32 heavy (non-hydrogen) atoms. The number of carbonyl (C=O) groups excluding carboxylic acids is 1. The average Bonchev–Trinajstić information content (AvgIpc) is 2.76. The highest BCUT2D eigenvalue weighted by Crippen LogP contribution is 2.21. The standard InChI is InChI=1S/C24H24ClN3O3S/c1-17-4-6-19(7-5-17)16-28(32(3,30)31)23-14-10-21(11-15-23)24(29)27-26-18(2)20-8-12-22(25)13-9-20/h4-15H,16H2,1-3H3,(H,27,29)/b26-18-. The maximum atomic E-state index is 12.5. The maximum Gasteiger partial charge on any atom is 0.271 e. The van der Waals surface area contributed by atoms with Crippen LogP contribution in [-0.2, 0) is 16.6 Å². The number of amides is 1. The molecule has 0 aliphatic rings. The lowest BCUT2D eigenvalue weighted by atomic mass is 10.1. The summed E-state index contributed by atoms with van der Waals surface area (Å²) in [6, 6.07) is 21.2. The Morgan fingerprint density at radius 2 is 1.50 bits per heavy atom. The van der Waals surface area contributed by atoms with Crippen LogP contribution in [0.25, 0.3) is 0 Å². The van der Waals surface area contributed by atoms with Gasteiger partial charge in [-0.25, -0.2) is 13.8 Å². The molecule has 8 heteroatoms. The van der Waals surface area contributed by atoms with Crippen molar-refractivity contribution in [3.8, 4) is 0 Å². The van der Waals surface area contributed by atoms with Gasteiger partial charge in [0.1, 0.15) is 0 Å². The van der Waals surface area contributed by atoms with Crippen LogP contribution in [0.2, 0.25) is 5.02 Å². The van der Waals surface area contributed by atoms with Gasteiger partial charge >= 0.3 is 0 Å². The fourth-order valence-corrected chi connectivity index (χ4v) is 4.01. The van der Waals surface area contributed by atoms with Gasteiger partial charge in [0.15, 0.2) is 0 Å². The highest BCUT2D eigenvalue weighted by molar-refractivity contribution is 7.92. The number of sulfonamides is 1. The molecule has 0 atom stereocenters. The van der Waals surface area contributed by atoms with Crippen LogP contribution in [0.4, 0.5) is 5.69 Å². The third kappa shape index (κ3) is 6.18. The Labute approximate surface area is 193 Å². The number of benzene rings is 3. The molecule has 0 saturated heterocycles. The molecule has 1 amide bonds. The topological polar surface area (TPSA) is 78.8 Å². The molecule has 0 bridgehead atoms. The summed E-state index contributed by atoms with van der Waals surface area (Å²) < 4.78 is 26.1. The van der Waals surface area contributed by atoms with Crippen LogP contribution >= 0.6 is 11.6 Å². The third-order valence-electron chi connectivity index (χ3n) is 4.85. The molecule has 0 aromatic heterocycles. The van der Waals surface area contributed by atoms with E-state index in [-0.39, 0.29) is 6.54 Å². The Kier molecular flexibility index (Phi) is 7.33. The van der Waals surface area contributed by atoms with Crippen LogP contribution in [0.15, 0.2) is 77.9 Å². The predicted octanol–water partition coefficient (Wildman–Crippen LogP) is 4.77. The van der Waals surface area contributed by atoms with E-state index < -0.39 is 15.9 Å². The zero-order valence-corrected chi connectivity index (χ0v) is 19.6. The average molecular weight is 470 g/mol. The summed E-state index contributed by atoms with van der Waals surface area (Å²) in [6.07, 6.45) is 1.16.